The number of piperidine rings is 1. The summed E-state index contributed by atoms with van der Waals surface area (Å²) in [5.74, 6) is 0.821. The van der Waals surface area contributed by atoms with Crippen molar-refractivity contribution in [2.24, 2.45) is 5.92 Å². The lowest BCUT2D eigenvalue weighted by Crippen LogP contribution is -2.56. The predicted molar refractivity (Wildman–Crippen MR) is 111 cm³/mol. The van der Waals surface area contributed by atoms with Crippen molar-refractivity contribution in [3.05, 3.63) is 28.2 Å². The van der Waals surface area contributed by atoms with Crippen molar-refractivity contribution in [1.29, 1.82) is 0 Å². The third kappa shape index (κ3) is 4.65. The molecule has 1 amide bonds. The Morgan fingerprint density at radius 1 is 1.04 bits per heavy atom. The van der Waals surface area contributed by atoms with Crippen molar-refractivity contribution < 1.29 is 13.2 Å². The number of carbonyl (C=O) groups is 1. The predicted octanol–water partition coefficient (Wildman–Crippen LogP) is 2.95. The summed E-state index contributed by atoms with van der Waals surface area (Å²) in [5.41, 5.74) is 0. The van der Waals surface area contributed by atoms with Gasteiger partial charge in [-0.3, -0.25) is 9.69 Å². The van der Waals surface area contributed by atoms with Gasteiger partial charge in [0, 0.05) is 39.3 Å². The summed E-state index contributed by atoms with van der Waals surface area (Å²) >= 11 is 11.9. The number of rotatable bonds is 4. The highest BCUT2D eigenvalue weighted by molar-refractivity contribution is 7.89. The summed E-state index contributed by atoms with van der Waals surface area (Å²) in [6.45, 7) is 7.51. The number of amides is 1. The average Bonchev–Trinajstić information content (AvgIpc) is 2.69. The summed E-state index contributed by atoms with van der Waals surface area (Å²) in [6, 6.07) is 4.12. The van der Waals surface area contributed by atoms with Crippen molar-refractivity contribution in [3.8, 4) is 0 Å². The Bertz CT molecular complexity index is 818. The highest BCUT2D eigenvalue weighted by Crippen LogP contribution is 2.27. The van der Waals surface area contributed by atoms with E-state index in [9.17, 15) is 13.2 Å². The SMILES string of the molecule is CC1CCN(C(=O)C(C)N2CCN(S(=O)(=O)c3ccc(Cl)c(Cl)c3)CC2)CC1. The Balaban J connectivity index is 1.60. The van der Waals surface area contributed by atoms with Crippen molar-refractivity contribution in [2.45, 2.75) is 37.6 Å². The van der Waals surface area contributed by atoms with Gasteiger partial charge >= 0.3 is 0 Å². The molecule has 1 aromatic rings. The molecule has 156 valence electrons. The third-order valence-corrected chi connectivity index (χ3v) is 8.44. The fraction of sp³-hybridized carbons (Fsp3) is 0.632. The first-order valence-electron chi connectivity index (χ1n) is 9.68. The third-order valence-electron chi connectivity index (χ3n) is 5.80. The minimum Gasteiger partial charge on any atom is -0.341 e. The maximum atomic E-state index is 12.9. The van der Waals surface area contributed by atoms with Crippen molar-refractivity contribution in [2.75, 3.05) is 39.3 Å². The maximum Gasteiger partial charge on any atom is 0.243 e. The summed E-state index contributed by atoms with van der Waals surface area (Å²) in [7, 11) is -3.63. The quantitative estimate of drug-likeness (QED) is 0.711. The van der Waals surface area contributed by atoms with E-state index >= 15 is 0 Å². The maximum absolute atomic E-state index is 12.9. The molecule has 1 atom stereocenters. The van der Waals surface area contributed by atoms with Gasteiger partial charge in [0.25, 0.3) is 0 Å². The molecule has 0 bridgehead atoms. The Labute approximate surface area is 177 Å². The van der Waals surface area contributed by atoms with Crippen LogP contribution in [0.4, 0.5) is 0 Å². The first kappa shape index (κ1) is 21.8. The molecule has 1 unspecified atom stereocenters. The zero-order valence-corrected chi connectivity index (χ0v) is 18.6. The highest BCUT2D eigenvalue weighted by Gasteiger charge is 2.34. The molecule has 1 aromatic carbocycles. The number of piperazine rings is 1. The van der Waals surface area contributed by atoms with E-state index < -0.39 is 10.0 Å². The largest absolute Gasteiger partial charge is 0.341 e. The number of likely N-dealkylation sites (tertiary alicyclic amines) is 1. The van der Waals surface area contributed by atoms with Crippen LogP contribution >= 0.6 is 23.2 Å². The van der Waals surface area contributed by atoms with Gasteiger partial charge in [-0.1, -0.05) is 30.1 Å². The first-order chi connectivity index (χ1) is 13.2. The fourth-order valence-electron chi connectivity index (χ4n) is 3.77. The number of nitrogens with zero attached hydrogens (tertiary/aromatic N) is 3. The van der Waals surface area contributed by atoms with Crippen LogP contribution in [0.5, 0.6) is 0 Å². The van der Waals surface area contributed by atoms with E-state index in [1.54, 1.807) is 0 Å². The lowest BCUT2D eigenvalue weighted by Gasteiger charge is -2.39. The van der Waals surface area contributed by atoms with Crippen LogP contribution in [0.3, 0.4) is 0 Å². The van der Waals surface area contributed by atoms with Crippen LogP contribution in [0, 0.1) is 5.92 Å². The lowest BCUT2D eigenvalue weighted by molar-refractivity contribution is -0.138. The standard InChI is InChI=1S/C19H27Cl2N3O3S/c1-14-5-7-23(8-6-14)19(25)15(2)22-9-11-24(12-10-22)28(26,27)16-3-4-17(20)18(21)13-16/h3-4,13-15H,5-12H2,1-2H3. The molecule has 2 heterocycles. The van der Waals surface area contributed by atoms with E-state index in [-0.39, 0.29) is 21.9 Å². The van der Waals surface area contributed by atoms with E-state index in [4.69, 9.17) is 23.2 Å². The molecule has 2 saturated heterocycles. The highest BCUT2D eigenvalue weighted by atomic mass is 35.5. The van der Waals surface area contributed by atoms with Crippen LogP contribution in [-0.2, 0) is 14.8 Å². The smallest absolute Gasteiger partial charge is 0.243 e. The Morgan fingerprint density at radius 3 is 2.21 bits per heavy atom. The zero-order valence-electron chi connectivity index (χ0n) is 16.3. The van der Waals surface area contributed by atoms with Crippen LogP contribution in [0.15, 0.2) is 23.1 Å². The molecule has 28 heavy (non-hydrogen) atoms. The van der Waals surface area contributed by atoms with Gasteiger partial charge in [-0.2, -0.15) is 4.31 Å². The van der Waals surface area contributed by atoms with E-state index in [1.807, 2.05) is 11.8 Å². The van der Waals surface area contributed by atoms with Gasteiger partial charge in [-0.15, -0.1) is 0 Å². The van der Waals surface area contributed by atoms with Crippen LogP contribution in [0.1, 0.15) is 26.7 Å². The molecule has 0 N–H and O–H groups in total. The van der Waals surface area contributed by atoms with Crippen LogP contribution in [0.2, 0.25) is 10.0 Å². The number of halogens is 2. The van der Waals surface area contributed by atoms with Crippen molar-refractivity contribution in [3.63, 3.8) is 0 Å². The molecule has 0 aliphatic carbocycles. The molecule has 0 aromatic heterocycles. The summed E-state index contributed by atoms with van der Waals surface area (Å²) in [6.07, 6.45) is 2.10. The van der Waals surface area contributed by atoms with Crippen molar-refractivity contribution >= 4 is 39.1 Å². The van der Waals surface area contributed by atoms with E-state index in [2.05, 4.69) is 11.8 Å². The lowest BCUT2D eigenvalue weighted by atomic mass is 9.98. The number of hydrogen-bond acceptors (Lipinski definition) is 4. The van der Waals surface area contributed by atoms with E-state index in [0.717, 1.165) is 25.9 Å². The molecule has 0 spiro atoms. The van der Waals surface area contributed by atoms with Crippen molar-refractivity contribution in [1.82, 2.24) is 14.1 Å². The molecule has 2 aliphatic rings. The van der Waals surface area contributed by atoms with Gasteiger partial charge in [-0.05, 0) is 43.9 Å². The second-order valence-corrected chi connectivity index (χ2v) is 10.5. The first-order valence-corrected chi connectivity index (χ1v) is 11.9. The molecule has 2 fully saturated rings. The molecule has 3 rings (SSSR count). The van der Waals surface area contributed by atoms with E-state index in [1.165, 1.54) is 22.5 Å². The summed E-state index contributed by atoms with van der Waals surface area (Å²) in [5, 5.41) is 0.543. The van der Waals surface area contributed by atoms with Gasteiger partial charge in [0.1, 0.15) is 0 Å². The molecular formula is C19H27Cl2N3O3S. The molecule has 0 saturated carbocycles. The van der Waals surface area contributed by atoms with Gasteiger partial charge in [0.05, 0.1) is 21.0 Å². The van der Waals surface area contributed by atoms with Gasteiger partial charge in [-0.25, -0.2) is 8.42 Å². The van der Waals surface area contributed by atoms with Crippen LogP contribution in [0.25, 0.3) is 0 Å². The molecular weight excluding hydrogens is 421 g/mol. The molecule has 6 nitrogen and oxygen atoms in total. The number of sulfonamides is 1. The van der Waals surface area contributed by atoms with E-state index in [0.29, 0.717) is 37.1 Å². The Kier molecular flexibility index (Phi) is 6.92. The summed E-state index contributed by atoms with van der Waals surface area (Å²) < 4.78 is 27.2. The molecule has 0 radical (unpaired) electrons. The van der Waals surface area contributed by atoms with Gasteiger partial charge in [0.15, 0.2) is 0 Å². The second kappa shape index (κ2) is 8.88. The summed E-state index contributed by atoms with van der Waals surface area (Å²) in [4.78, 5) is 17.0. The second-order valence-electron chi connectivity index (χ2n) is 7.70. The number of carbonyl (C=O) groups excluding carboxylic acids is 1. The zero-order chi connectivity index (χ0) is 20.5. The monoisotopic (exact) mass is 447 g/mol. The topological polar surface area (TPSA) is 60.9 Å². The van der Waals surface area contributed by atoms with Gasteiger partial charge in [0.2, 0.25) is 15.9 Å². The van der Waals surface area contributed by atoms with Crippen LogP contribution < -0.4 is 0 Å². The number of hydrogen-bond donors (Lipinski definition) is 0. The fourth-order valence-corrected chi connectivity index (χ4v) is 5.58. The Morgan fingerprint density at radius 2 is 1.64 bits per heavy atom. The van der Waals surface area contributed by atoms with Crippen LogP contribution in [-0.4, -0.2) is 73.7 Å². The minimum atomic E-state index is -3.63. The minimum absolute atomic E-state index is 0.141. The average molecular weight is 448 g/mol. The Hall–Kier alpha value is -0.860. The molecule has 2 aliphatic heterocycles. The van der Waals surface area contributed by atoms with Gasteiger partial charge < -0.3 is 4.90 Å². The number of benzene rings is 1. The normalized spacial score (nSPS) is 21.6. The molecule has 9 heteroatoms.